The predicted octanol–water partition coefficient (Wildman–Crippen LogP) is 6.70. The van der Waals surface area contributed by atoms with E-state index in [1.807, 2.05) is 0 Å². The smallest absolute Gasteiger partial charge is 0.402 e. The Morgan fingerprint density at radius 1 is 0.765 bits per heavy atom. The first kappa shape index (κ1) is 27.0. The van der Waals surface area contributed by atoms with Crippen LogP contribution in [0.3, 0.4) is 0 Å². The van der Waals surface area contributed by atoms with Crippen LogP contribution in [-0.2, 0) is 23.4 Å². The minimum absolute atomic E-state index is 0.0571. The van der Waals surface area contributed by atoms with Gasteiger partial charge in [-0.25, -0.2) is 0 Å². The van der Waals surface area contributed by atoms with Crippen molar-refractivity contribution in [1.29, 1.82) is 0 Å². The molecular formula is C27H50B2O5. The fourth-order valence-corrected chi connectivity index (χ4v) is 7.43. The maximum Gasteiger partial charge on any atom is 0.463 e. The lowest BCUT2D eigenvalue weighted by molar-refractivity contribution is -0.0829. The highest BCUT2D eigenvalue weighted by molar-refractivity contribution is 6.50. The van der Waals surface area contributed by atoms with Crippen molar-refractivity contribution in [1.82, 2.24) is 0 Å². The molecular weight excluding hydrogens is 426 g/mol. The van der Waals surface area contributed by atoms with Gasteiger partial charge in [-0.1, -0.05) is 75.7 Å². The molecule has 3 heterocycles. The molecule has 34 heavy (non-hydrogen) atoms. The van der Waals surface area contributed by atoms with Gasteiger partial charge in [0.05, 0.1) is 24.4 Å². The van der Waals surface area contributed by atoms with Gasteiger partial charge in [0.2, 0.25) is 0 Å². The van der Waals surface area contributed by atoms with Crippen LogP contribution in [0.1, 0.15) is 114 Å². The van der Waals surface area contributed by atoms with Crippen molar-refractivity contribution in [2.24, 2.45) is 11.8 Å². The van der Waals surface area contributed by atoms with Gasteiger partial charge in [-0.2, -0.15) is 0 Å². The molecule has 1 aliphatic carbocycles. The monoisotopic (exact) mass is 476 g/mol. The second kappa shape index (κ2) is 8.75. The van der Waals surface area contributed by atoms with Crippen molar-refractivity contribution in [3.05, 3.63) is 0 Å². The summed E-state index contributed by atoms with van der Waals surface area (Å²) >= 11 is 0. The van der Waals surface area contributed by atoms with Gasteiger partial charge < -0.3 is 23.4 Å². The van der Waals surface area contributed by atoms with Crippen LogP contribution in [0.25, 0.3) is 0 Å². The molecule has 0 aromatic rings. The molecule has 3 aliphatic heterocycles. The number of ether oxygens (including phenoxy) is 1. The SMILES string of the molecule is CC[C@]12COC[C@@]1(CCCC(C)(C)B1O[C@]3(C(C)C)CCC[C@]3(C(C)C)O1)OB(C(C)(C)C)O2. The zero-order valence-corrected chi connectivity index (χ0v) is 23.7. The van der Waals surface area contributed by atoms with Crippen LogP contribution in [0.2, 0.25) is 10.6 Å². The summed E-state index contributed by atoms with van der Waals surface area (Å²) in [7, 11) is -0.365. The van der Waals surface area contributed by atoms with Crippen molar-refractivity contribution in [2.75, 3.05) is 13.2 Å². The fraction of sp³-hybridized carbons (Fsp3) is 1.00. The molecule has 0 bridgehead atoms. The van der Waals surface area contributed by atoms with Gasteiger partial charge >= 0.3 is 14.2 Å². The van der Waals surface area contributed by atoms with Crippen molar-refractivity contribution in [3.63, 3.8) is 0 Å². The zero-order chi connectivity index (χ0) is 25.2. The van der Waals surface area contributed by atoms with Gasteiger partial charge in [0.15, 0.2) is 0 Å². The highest BCUT2D eigenvalue weighted by Crippen LogP contribution is 2.60. The number of hydrogen-bond acceptors (Lipinski definition) is 5. The molecule has 0 aromatic carbocycles. The van der Waals surface area contributed by atoms with Gasteiger partial charge in [-0.15, -0.1) is 0 Å². The summed E-state index contributed by atoms with van der Waals surface area (Å²) in [5.74, 6) is 0.882. The van der Waals surface area contributed by atoms with Crippen molar-refractivity contribution < 1.29 is 23.4 Å². The third-order valence-electron chi connectivity index (χ3n) is 9.80. The van der Waals surface area contributed by atoms with Gasteiger partial charge in [0.25, 0.3) is 0 Å². The lowest BCUT2D eigenvalue weighted by atomic mass is 9.57. The summed E-state index contributed by atoms with van der Waals surface area (Å²) in [6, 6.07) is 0. The lowest BCUT2D eigenvalue weighted by Gasteiger charge is -2.44. The third kappa shape index (κ3) is 3.86. The molecule has 1 saturated carbocycles. The average Bonchev–Trinajstić information content (AvgIpc) is 3.41. The van der Waals surface area contributed by atoms with Crippen molar-refractivity contribution in [2.45, 2.75) is 147 Å². The average molecular weight is 476 g/mol. The quantitative estimate of drug-likeness (QED) is 0.365. The van der Waals surface area contributed by atoms with E-state index >= 15 is 0 Å². The van der Waals surface area contributed by atoms with E-state index in [0.29, 0.717) is 25.0 Å². The Kier molecular flexibility index (Phi) is 6.95. The van der Waals surface area contributed by atoms with Crippen molar-refractivity contribution in [3.8, 4) is 0 Å². The van der Waals surface area contributed by atoms with E-state index in [1.165, 1.54) is 6.42 Å². The maximum atomic E-state index is 6.97. The lowest BCUT2D eigenvalue weighted by Crippen LogP contribution is -2.54. The predicted molar refractivity (Wildman–Crippen MR) is 139 cm³/mol. The Balaban J connectivity index is 1.47. The van der Waals surface area contributed by atoms with Crippen LogP contribution >= 0.6 is 0 Å². The first-order valence-corrected chi connectivity index (χ1v) is 14.0. The van der Waals surface area contributed by atoms with Crippen LogP contribution in [0, 0.1) is 11.8 Å². The van der Waals surface area contributed by atoms with Gasteiger partial charge in [-0.3, -0.25) is 0 Å². The molecule has 0 radical (unpaired) electrons. The molecule has 4 atom stereocenters. The maximum absolute atomic E-state index is 6.97. The normalized spacial score (nSPS) is 38.5. The summed E-state index contributed by atoms with van der Waals surface area (Å²) < 4.78 is 33.2. The first-order chi connectivity index (χ1) is 15.7. The summed E-state index contributed by atoms with van der Waals surface area (Å²) in [6.45, 7) is 23.9. The third-order valence-corrected chi connectivity index (χ3v) is 9.80. The molecule has 0 amide bonds. The highest BCUT2D eigenvalue weighted by Gasteiger charge is 2.69. The fourth-order valence-electron chi connectivity index (χ4n) is 7.43. The van der Waals surface area contributed by atoms with E-state index in [-0.39, 0.29) is 47.3 Å². The molecule has 5 nitrogen and oxygen atoms in total. The molecule has 0 N–H and O–H groups in total. The minimum atomic E-state index is -0.359. The molecule has 0 spiro atoms. The summed E-state index contributed by atoms with van der Waals surface area (Å²) in [5, 5.41) is -0.138. The zero-order valence-electron chi connectivity index (χ0n) is 23.7. The van der Waals surface area contributed by atoms with Gasteiger partial charge in [0.1, 0.15) is 11.2 Å². The van der Waals surface area contributed by atoms with E-state index in [9.17, 15) is 0 Å². The first-order valence-electron chi connectivity index (χ1n) is 14.0. The molecule has 4 rings (SSSR count). The van der Waals surface area contributed by atoms with E-state index in [1.54, 1.807) is 0 Å². The number of rotatable bonds is 8. The molecule has 194 valence electrons. The Bertz CT molecular complexity index is 728. The second-order valence-electron chi connectivity index (χ2n) is 14.1. The summed E-state index contributed by atoms with van der Waals surface area (Å²) in [6.07, 6.45) is 7.30. The van der Waals surface area contributed by atoms with E-state index in [4.69, 9.17) is 23.4 Å². The summed E-state index contributed by atoms with van der Waals surface area (Å²) in [5.41, 5.74) is -1.03. The van der Waals surface area contributed by atoms with E-state index in [2.05, 4.69) is 69.2 Å². The Labute approximate surface area is 210 Å². The standard InChI is InChI=1S/C27H50B2O5/c1-11-24-18-30-19-25(24,32-28(31-24)22(6,7)8)15-12-14-23(9,10)29-33-26(20(2)3)16-13-17-27(26,34-29)21(4)5/h20-21H,11-19H2,1-10H3/t24-,25+,26-,27+/m0/s1. The number of hydrogen-bond donors (Lipinski definition) is 0. The minimum Gasteiger partial charge on any atom is -0.402 e. The van der Waals surface area contributed by atoms with Crippen LogP contribution in [-0.4, -0.2) is 49.9 Å². The topological polar surface area (TPSA) is 46.2 Å². The van der Waals surface area contributed by atoms with Gasteiger partial charge in [0, 0.05) is 0 Å². The molecule has 3 saturated heterocycles. The molecule has 0 aromatic heterocycles. The Morgan fingerprint density at radius 2 is 1.29 bits per heavy atom. The van der Waals surface area contributed by atoms with Crippen LogP contribution in [0.15, 0.2) is 0 Å². The molecule has 4 aliphatic rings. The molecule has 0 unspecified atom stereocenters. The Hall–Kier alpha value is -0.0701. The molecule has 4 fully saturated rings. The van der Waals surface area contributed by atoms with Crippen LogP contribution in [0.5, 0.6) is 0 Å². The highest BCUT2D eigenvalue weighted by atomic mass is 16.7. The van der Waals surface area contributed by atoms with Gasteiger partial charge in [-0.05, 0) is 61.0 Å². The van der Waals surface area contributed by atoms with E-state index in [0.717, 1.165) is 38.5 Å². The number of fused-ring (bicyclic) bond motifs is 2. The molecule has 7 heteroatoms. The Morgan fingerprint density at radius 3 is 1.79 bits per heavy atom. The van der Waals surface area contributed by atoms with Crippen molar-refractivity contribution >= 4 is 14.2 Å². The van der Waals surface area contributed by atoms with Crippen LogP contribution in [0.4, 0.5) is 0 Å². The van der Waals surface area contributed by atoms with E-state index < -0.39 is 0 Å². The largest absolute Gasteiger partial charge is 0.463 e. The summed E-state index contributed by atoms with van der Waals surface area (Å²) in [4.78, 5) is 0. The second-order valence-corrected chi connectivity index (χ2v) is 14.1. The van der Waals surface area contributed by atoms with Crippen LogP contribution < -0.4 is 0 Å².